The van der Waals surface area contributed by atoms with Crippen LogP contribution in [-0.4, -0.2) is 27.7 Å². The van der Waals surface area contributed by atoms with E-state index in [1.54, 1.807) is 0 Å². The number of aromatic nitrogens is 3. The molecule has 1 aliphatic rings. The fraction of sp³-hybridized carbons (Fsp3) is 0.400. The molecule has 6 heteroatoms. The third-order valence-electron chi connectivity index (χ3n) is 3.58. The number of rotatable bonds is 4. The van der Waals surface area contributed by atoms with Crippen LogP contribution in [0.3, 0.4) is 0 Å². The fourth-order valence-electron chi connectivity index (χ4n) is 2.55. The van der Waals surface area contributed by atoms with E-state index in [0.29, 0.717) is 18.1 Å². The topological polar surface area (TPSA) is 79.9 Å². The maximum absolute atomic E-state index is 12.2. The first-order chi connectivity index (χ1) is 10.3. The number of amides is 1. The average molecular weight is 286 g/mol. The van der Waals surface area contributed by atoms with Crippen LogP contribution >= 0.6 is 0 Å². The van der Waals surface area contributed by atoms with Crippen LogP contribution in [-0.2, 0) is 12.8 Å². The van der Waals surface area contributed by atoms with Crippen LogP contribution in [0.25, 0.3) is 0 Å². The Labute approximate surface area is 122 Å². The molecule has 0 aliphatic heterocycles. The number of fused-ring (bicyclic) bond motifs is 1. The second kappa shape index (κ2) is 5.95. The molecule has 1 aliphatic carbocycles. The van der Waals surface area contributed by atoms with Gasteiger partial charge >= 0.3 is 6.01 Å². The van der Waals surface area contributed by atoms with Gasteiger partial charge in [0, 0.05) is 5.56 Å². The van der Waals surface area contributed by atoms with Gasteiger partial charge < -0.3 is 4.74 Å². The van der Waals surface area contributed by atoms with Crippen LogP contribution in [0.4, 0.5) is 5.95 Å². The molecule has 21 heavy (non-hydrogen) atoms. The van der Waals surface area contributed by atoms with Crippen LogP contribution in [0.2, 0.25) is 0 Å². The monoisotopic (exact) mass is 286 g/mol. The molecule has 1 aromatic heterocycles. The zero-order valence-corrected chi connectivity index (χ0v) is 12.0. The van der Waals surface area contributed by atoms with E-state index in [-0.39, 0.29) is 11.9 Å². The Morgan fingerprint density at radius 3 is 2.95 bits per heavy atom. The molecule has 0 saturated heterocycles. The lowest BCUT2D eigenvalue weighted by molar-refractivity contribution is 0.102. The van der Waals surface area contributed by atoms with E-state index < -0.39 is 0 Å². The minimum absolute atomic E-state index is 0.192. The predicted molar refractivity (Wildman–Crippen MR) is 78.6 cm³/mol. The molecule has 1 amide bonds. The summed E-state index contributed by atoms with van der Waals surface area (Å²) in [5.74, 6) is 0.101. The molecule has 1 aromatic carbocycles. The largest absolute Gasteiger partial charge is 0.463 e. The average Bonchev–Trinajstić information content (AvgIpc) is 2.94. The molecule has 0 fully saturated rings. The van der Waals surface area contributed by atoms with Gasteiger partial charge in [-0.1, -0.05) is 6.07 Å². The number of ether oxygens (including phenoxy) is 1. The zero-order valence-electron chi connectivity index (χ0n) is 12.0. The third kappa shape index (κ3) is 3.04. The summed E-state index contributed by atoms with van der Waals surface area (Å²) in [6.07, 6.45) is 4.58. The van der Waals surface area contributed by atoms with Gasteiger partial charge in [0.05, 0.1) is 6.61 Å². The van der Waals surface area contributed by atoms with Crippen molar-refractivity contribution in [3.05, 3.63) is 34.9 Å². The summed E-state index contributed by atoms with van der Waals surface area (Å²) < 4.78 is 5.14. The molecule has 3 rings (SSSR count). The predicted octanol–water partition coefficient (Wildman–Crippen LogP) is 2.33. The maximum Gasteiger partial charge on any atom is 0.337 e. The van der Waals surface area contributed by atoms with Gasteiger partial charge in [0.15, 0.2) is 0 Å². The molecule has 110 valence electrons. The van der Waals surface area contributed by atoms with Gasteiger partial charge in [-0.15, -0.1) is 5.10 Å². The Hall–Kier alpha value is -2.37. The van der Waals surface area contributed by atoms with Gasteiger partial charge in [-0.05, 0) is 55.9 Å². The number of H-pyrrole nitrogens is 1. The van der Waals surface area contributed by atoms with Gasteiger partial charge in [-0.2, -0.15) is 4.98 Å². The highest BCUT2D eigenvalue weighted by Gasteiger charge is 2.14. The standard InChI is InChI=1S/C15H18N4O2/c1-2-21-15-17-14(18-19-15)16-13(20)12-8-7-10-5-3-4-6-11(10)9-12/h7-9H,2-6H2,1H3,(H2,16,17,18,19,20). The SMILES string of the molecule is CCOc1n[nH]c(NC(=O)c2ccc3c(c2)CCCC3)n1. The minimum atomic E-state index is -0.192. The first-order valence-electron chi connectivity index (χ1n) is 7.24. The Kier molecular flexibility index (Phi) is 3.85. The van der Waals surface area contributed by atoms with E-state index in [2.05, 4.69) is 26.6 Å². The van der Waals surface area contributed by atoms with E-state index in [1.807, 2.05) is 19.1 Å². The van der Waals surface area contributed by atoms with Gasteiger partial charge in [-0.3, -0.25) is 10.1 Å². The highest BCUT2D eigenvalue weighted by molar-refractivity contribution is 6.03. The number of carbonyl (C=O) groups is 1. The maximum atomic E-state index is 12.2. The Balaban J connectivity index is 1.72. The lowest BCUT2D eigenvalue weighted by Gasteiger charge is -2.16. The van der Waals surface area contributed by atoms with Crippen molar-refractivity contribution >= 4 is 11.9 Å². The number of hydrogen-bond acceptors (Lipinski definition) is 4. The number of carbonyl (C=O) groups excluding carboxylic acids is 1. The normalized spacial score (nSPS) is 13.6. The smallest absolute Gasteiger partial charge is 0.337 e. The summed E-state index contributed by atoms with van der Waals surface area (Å²) >= 11 is 0. The van der Waals surface area contributed by atoms with Crippen LogP contribution in [0.1, 0.15) is 41.3 Å². The lowest BCUT2D eigenvalue weighted by Crippen LogP contribution is -2.14. The van der Waals surface area contributed by atoms with Crippen LogP contribution < -0.4 is 10.1 Å². The molecule has 6 nitrogen and oxygen atoms in total. The number of aryl methyl sites for hydroxylation is 2. The summed E-state index contributed by atoms with van der Waals surface area (Å²) in [6.45, 7) is 2.33. The van der Waals surface area contributed by atoms with E-state index in [0.717, 1.165) is 12.8 Å². The summed E-state index contributed by atoms with van der Waals surface area (Å²) in [4.78, 5) is 16.3. The highest BCUT2D eigenvalue weighted by atomic mass is 16.5. The van der Waals surface area contributed by atoms with Crippen molar-refractivity contribution in [3.8, 4) is 6.01 Å². The number of aromatic amines is 1. The third-order valence-corrected chi connectivity index (χ3v) is 3.58. The number of anilines is 1. The van der Waals surface area contributed by atoms with Crippen molar-refractivity contribution < 1.29 is 9.53 Å². The van der Waals surface area contributed by atoms with E-state index in [9.17, 15) is 4.79 Å². The van der Waals surface area contributed by atoms with Gasteiger partial charge in [0.25, 0.3) is 5.91 Å². The number of nitrogens with one attached hydrogen (secondary N) is 2. The number of nitrogens with zero attached hydrogens (tertiary/aromatic N) is 2. The van der Waals surface area contributed by atoms with E-state index in [1.165, 1.54) is 24.0 Å². The summed E-state index contributed by atoms with van der Waals surface area (Å²) in [5.41, 5.74) is 3.28. The Morgan fingerprint density at radius 1 is 1.33 bits per heavy atom. The number of benzene rings is 1. The van der Waals surface area contributed by atoms with Gasteiger partial charge in [-0.25, -0.2) is 5.10 Å². The molecule has 0 spiro atoms. The van der Waals surface area contributed by atoms with Gasteiger partial charge in [0.1, 0.15) is 0 Å². The van der Waals surface area contributed by atoms with Crippen LogP contribution in [0, 0.1) is 0 Å². The second-order valence-corrected chi connectivity index (χ2v) is 5.04. The molecular weight excluding hydrogens is 268 g/mol. The van der Waals surface area contributed by atoms with Crippen LogP contribution in [0.15, 0.2) is 18.2 Å². The molecule has 1 heterocycles. The molecular formula is C15H18N4O2. The van der Waals surface area contributed by atoms with Crippen molar-refractivity contribution in [1.29, 1.82) is 0 Å². The fourth-order valence-corrected chi connectivity index (χ4v) is 2.55. The minimum Gasteiger partial charge on any atom is -0.463 e. The lowest BCUT2D eigenvalue weighted by atomic mass is 9.90. The Morgan fingerprint density at radius 2 is 2.14 bits per heavy atom. The van der Waals surface area contributed by atoms with Crippen molar-refractivity contribution in [2.75, 3.05) is 11.9 Å². The van der Waals surface area contributed by atoms with Crippen molar-refractivity contribution in [1.82, 2.24) is 15.2 Å². The highest BCUT2D eigenvalue weighted by Crippen LogP contribution is 2.22. The van der Waals surface area contributed by atoms with Crippen molar-refractivity contribution in [3.63, 3.8) is 0 Å². The van der Waals surface area contributed by atoms with Crippen LogP contribution in [0.5, 0.6) is 6.01 Å². The molecule has 0 atom stereocenters. The molecule has 0 unspecified atom stereocenters. The van der Waals surface area contributed by atoms with Crippen molar-refractivity contribution in [2.45, 2.75) is 32.6 Å². The molecule has 0 bridgehead atoms. The summed E-state index contributed by atoms with van der Waals surface area (Å²) in [5, 5.41) is 9.18. The van der Waals surface area contributed by atoms with E-state index >= 15 is 0 Å². The second-order valence-electron chi connectivity index (χ2n) is 5.04. The molecule has 2 aromatic rings. The zero-order chi connectivity index (χ0) is 14.7. The van der Waals surface area contributed by atoms with Gasteiger partial charge in [0.2, 0.25) is 5.95 Å². The number of hydrogen-bond donors (Lipinski definition) is 2. The van der Waals surface area contributed by atoms with E-state index in [4.69, 9.17) is 4.74 Å². The van der Waals surface area contributed by atoms with Crippen molar-refractivity contribution in [2.24, 2.45) is 0 Å². The summed E-state index contributed by atoms with van der Waals surface area (Å²) in [7, 11) is 0. The molecule has 0 radical (unpaired) electrons. The Bertz CT molecular complexity index is 651. The first-order valence-corrected chi connectivity index (χ1v) is 7.24. The molecule has 0 saturated carbocycles. The first kappa shape index (κ1) is 13.6. The quantitative estimate of drug-likeness (QED) is 0.904. The molecule has 2 N–H and O–H groups in total. The summed E-state index contributed by atoms with van der Waals surface area (Å²) in [6, 6.07) is 6.12.